The molecule has 16 heavy (non-hydrogen) atoms. The van der Waals surface area contributed by atoms with Crippen LogP contribution in [0.5, 0.6) is 0 Å². The standard InChI is InChI=1S/C13H26N2O/c1-4-8-14-10-13(11-16-3)15(9-5-2)12-6-7-12/h5,12-14H,2,4,6-11H2,1,3H3. The lowest BCUT2D eigenvalue weighted by Gasteiger charge is -2.30. The topological polar surface area (TPSA) is 24.5 Å². The molecule has 0 aromatic heterocycles. The number of rotatable bonds is 10. The first kappa shape index (κ1) is 13.7. The van der Waals surface area contributed by atoms with E-state index in [-0.39, 0.29) is 0 Å². The van der Waals surface area contributed by atoms with Crippen LogP contribution >= 0.6 is 0 Å². The van der Waals surface area contributed by atoms with Crippen LogP contribution in [0.1, 0.15) is 26.2 Å². The normalized spacial score (nSPS) is 17.7. The van der Waals surface area contributed by atoms with Crippen LogP contribution in [0, 0.1) is 0 Å². The third kappa shape index (κ3) is 4.64. The molecule has 1 atom stereocenters. The summed E-state index contributed by atoms with van der Waals surface area (Å²) in [5.41, 5.74) is 0. The van der Waals surface area contributed by atoms with Gasteiger partial charge in [0.15, 0.2) is 0 Å². The zero-order valence-electron chi connectivity index (χ0n) is 10.7. The first-order valence-corrected chi connectivity index (χ1v) is 6.39. The monoisotopic (exact) mass is 226 g/mol. The largest absolute Gasteiger partial charge is 0.383 e. The van der Waals surface area contributed by atoms with Gasteiger partial charge in [0.1, 0.15) is 0 Å². The summed E-state index contributed by atoms with van der Waals surface area (Å²) in [7, 11) is 1.78. The molecule has 1 saturated carbocycles. The summed E-state index contributed by atoms with van der Waals surface area (Å²) in [5.74, 6) is 0. The molecule has 0 heterocycles. The Balaban J connectivity index is 2.39. The first-order valence-electron chi connectivity index (χ1n) is 6.39. The SMILES string of the molecule is C=CCN(C1CC1)C(CNCCC)COC. The van der Waals surface area contributed by atoms with Crippen LogP contribution in [0.2, 0.25) is 0 Å². The van der Waals surface area contributed by atoms with Crippen molar-refractivity contribution in [1.29, 1.82) is 0 Å². The van der Waals surface area contributed by atoms with Gasteiger partial charge in [-0.25, -0.2) is 0 Å². The van der Waals surface area contributed by atoms with E-state index in [1.807, 2.05) is 6.08 Å². The quantitative estimate of drug-likeness (QED) is 0.453. The summed E-state index contributed by atoms with van der Waals surface area (Å²) >= 11 is 0. The van der Waals surface area contributed by atoms with Crippen molar-refractivity contribution in [2.75, 3.05) is 33.4 Å². The van der Waals surface area contributed by atoms with E-state index in [0.29, 0.717) is 6.04 Å². The van der Waals surface area contributed by atoms with Gasteiger partial charge in [0.05, 0.1) is 6.61 Å². The van der Waals surface area contributed by atoms with Crippen molar-refractivity contribution in [2.24, 2.45) is 0 Å². The molecule has 94 valence electrons. The smallest absolute Gasteiger partial charge is 0.0630 e. The molecular formula is C13H26N2O. The van der Waals surface area contributed by atoms with E-state index in [1.54, 1.807) is 7.11 Å². The van der Waals surface area contributed by atoms with Gasteiger partial charge in [0, 0.05) is 32.3 Å². The predicted molar refractivity (Wildman–Crippen MR) is 68.7 cm³/mol. The fourth-order valence-electron chi connectivity index (χ4n) is 2.06. The summed E-state index contributed by atoms with van der Waals surface area (Å²) in [6.07, 6.45) is 5.86. The van der Waals surface area contributed by atoms with Crippen LogP contribution < -0.4 is 5.32 Å². The number of hydrogen-bond acceptors (Lipinski definition) is 3. The Labute approximate surface area is 99.8 Å². The van der Waals surface area contributed by atoms with Gasteiger partial charge in [-0.3, -0.25) is 4.90 Å². The number of hydrogen-bond donors (Lipinski definition) is 1. The lowest BCUT2D eigenvalue weighted by atomic mass is 10.2. The minimum absolute atomic E-state index is 0.488. The zero-order valence-corrected chi connectivity index (χ0v) is 10.7. The van der Waals surface area contributed by atoms with Gasteiger partial charge < -0.3 is 10.1 Å². The Bertz CT molecular complexity index is 192. The highest BCUT2D eigenvalue weighted by molar-refractivity contribution is 4.92. The summed E-state index contributed by atoms with van der Waals surface area (Å²) in [6, 6.07) is 1.25. The van der Waals surface area contributed by atoms with Gasteiger partial charge in [-0.2, -0.15) is 0 Å². The third-order valence-corrected chi connectivity index (χ3v) is 2.99. The molecule has 3 nitrogen and oxygen atoms in total. The van der Waals surface area contributed by atoms with Crippen molar-refractivity contribution in [2.45, 2.75) is 38.3 Å². The Kier molecular flexibility index (Phi) is 6.69. The van der Waals surface area contributed by atoms with Gasteiger partial charge in [-0.15, -0.1) is 6.58 Å². The molecule has 3 heteroatoms. The van der Waals surface area contributed by atoms with E-state index >= 15 is 0 Å². The van der Waals surface area contributed by atoms with E-state index < -0.39 is 0 Å². The molecule has 1 unspecified atom stereocenters. The van der Waals surface area contributed by atoms with Gasteiger partial charge >= 0.3 is 0 Å². The molecule has 0 radical (unpaired) electrons. The summed E-state index contributed by atoms with van der Waals surface area (Å²) in [5, 5.41) is 3.49. The fraction of sp³-hybridized carbons (Fsp3) is 0.846. The minimum Gasteiger partial charge on any atom is -0.383 e. The van der Waals surface area contributed by atoms with Crippen LogP contribution in [0.4, 0.5) is 0 Å². The highest BCUT2D eigenvalue weighted by atomic mass is 16.5. The lowest BCUT2D eigenvalue weighted by molar-refractivity contribution is 0.0917. The Morgan fingerprint density at radius 2 is 2.31 bits per heavy atom. The number of nitrogens with zero attached hydrogens (tertiary/aromatic N) is 1. The molecule has 1 N–H and O–H groups in total. The number of methoxy groups -OCH3 is 1. The van der Waals surface area contributed by atoms with Gasteiger partial charge in [-0.05, 0) is 25.8 Å². The molecule has 0 bridgehead atoms. The van der Waals surface area contributed by atoms with E-state index in [4.69, 9.17) is 4.74 Å². The molecule has 1 aliphatic carbocycles. The summed E-state index contributed by atoms with van der Waals surface area (Å²) in [4.78, 5) is 2.53. The maximum atomic E-state index is 5.32. The Morgan fingerprint density at radius 1 is 1.56 bits per heavy atom. The second kappa shape index (κ2) is 7.82. The van der Waals surface area contributed by atoms with Crippen molar-refractivity contribution in [3.05, 3.63) is 12.7 Å². The van der Waals surface area contributed by atoms with E-state index in [0.717, 1.165) is 32.3 Å². The van der Waals surface area contributed by atoms with Crippen LogP contribution in [-0.2, 0) is 4.74 Å². The molecule has 0 aliphatic heterocycles. The average molecular weight is 226 g/mol. The first-order chi connectivity index (χ1) is 7.83. The Hall–Kier alpha value is -0.380. The average Bonchev–Trinajstić information content (AvgIpc) is 3.09. The van der Waals surface area contributed by atoms with Crippen LogP contribution in [0.25, 0.3) is 0 Å². The molecule has 0 amide bonds. The molecule has 1 aliphatic rings. The molecule has 0 aromatic rings. The van der Waals surface area contributed by atoms with Crippen LogP contribution in [0.15, 0.2) is 12.7 Å². The van der Waals surface area contributed by atoms with Crippen molar-refractivity contribution in [3.8, 4) is 0 Å². The molecule has 0 aromatic carbocycles. The summed E-state index contributed by atoms with van der Waals surface area (Å²) < 4.78 is 5.32. The van der Waals surface area contributed by atoms with E-state index in [9.17, 15) is 0 Å². The number of nitrogens with one attached hydrogen (secondary N) is 1. The molecular weight excluding hydrogens is 200 g/mol. The summed E-state index contributed by atoms with van der Waals surface area (Å²) in [6.45, 7) is 9.94. The van der Waals surface area contributed by atoms with Crippen LogP contribution in [-0.4, -0.2) is 50.3 Å². The van der Waals surface area contributed by atoms with Gasteiger partial charge in [0.25, 0.3) is 0 Å². The highest BCUT2D eigenvalue weighted by Crippen LogP contribution is 2.28. The molecule has 1 fully saturated rings. The van der Waals surface area contributed by atoms with Crippen molar-refractivity contribution < 1.29 is 4.74 Å². The third-order valence-electron chi connectivity index (χ3n) is 2.99. The lowest BCUT2D eigenvalue weighted by Crippen LogP contribution is -2.46. The van der Waals surface area contributed by atoms with E-state index in [1.165, 1.54) is 19.3 Å². The number of ether oxygens (including phenoxy) is 1. The second-order valence-electron chi connectivity index (χ2n) is 4.53. The second-order valence-corrected chi connectivity index (χ2v) is 4.53. The van der Waals surface area contributed by atoms with Crippen molar-refractivity contribution in [1.82, 2.24) is 10.2 Å². The van der Waals surface area contributed by atoms with E-state index in [2.05, 4.69) is 23.7 Å². The van der Waals surface area contributed by atoms with Crippen LogP contribution in [0.3, 0.4) is 0 Å². The zero-order chi connectivity index (χ0) is 11.8. The molecule has 1 rings (SSSR count). The maximum Gasteiger partial charge on any atom is 0.0630 e. The van der Waals surface area contributed by atoms with Gasteiger partial charge in [0.2, 0.25) is 0 Å². The molecule has 0 saturated heterocycles. The minimum atomic E-state index is 0.488. The van der Waals surface area contributed by atoms with Crippen molar-refractivity contribution in [3.63, 3.8) is 0 Å². The predicted octanol–water partition coefficient (Wildman–Crippen LogP) is 1.65. The van der Waals surface area contributed by atoms with Crippen molar-refractivity contribution >= 4 is 0 Å². The fourth-order valence-corrected chi connectivity index (χ4v) is 2.06. The maximum absolute atomic E-state index is 5.32. The molecule has 0 spiro atoms. The highest BCUT2D eigenvalue weighted by Gasteiger charge is 2.32. The Morgan fingerprint density at radius 3 is 2.81 bits per heavy atom. The van der Waals surface area contributed by atoms with Gasteiger partial charge in [-0.1, -0.05) is 13.0 Å².